The van der Waals surface area contributed by atoms with E-state index in [1.54, 1.807) is 0 Å². The zero-order valence-corrected chi connectivity index (χ0v) is 13.8. The average Bonchev–Trinajstić information content (AvgIpc) is 2.48. The summed E-state index contributed by atoms with van der Waals surface area (Å²) in [6.45, 7) is 0. The average molecular weight is 375 g/mol. The Bertz CT molecular complexity index is 635. The topological polar surface area (TPSA) is 174 Å². The van der Waals surface area contributed by atoms with Crippen LogP contribution in [0.3, 0.4) is 0 Å². The summed E-state index contributed by atoms with van der Waals surface area (Å²) in [5.41, 5.74) is 0.364. The molecule has 10 nitrogen and oxygen atoms in total. The number of aliphatic carboxylic acids is 2. The van der Waals surface area contributed by atoms with Crippen LogP contribution >= 0.6 is 8.60 Å². The fourth-order valence-corrected chi connectivity index (χ4v) is 2.29. The number of carbonyl (C=O) groups is 3. The van der Waals surface area contributed by atoms with Gasteiger partial charge in [-0.1, -0.05) is 6.07 Å². The molecule has 0 spiro atoms. The van der Waals surface area contributed by atoms with E-state index in [-0.39, 0.29) is 31.4 Å². The van der Waals surface area contributed by atoms with Gasteiger partial charge in [-0.2, -0.15) is 0 Å². The number of benzene rings is 1. The van der Waals surface area contributed by atoms with Gasteiger partial charge in [0, 0.05) is 19.3 Å². The highest BCUT2D eigenvalue weighted by molar-refractivity contribution is 7.39. The van der Waals surface area contributed by atoms with Crippen molar-refractivity contribution in [2.24, 2.45) is 0 Å². The number of aromatic hydroxyl groups is 1. The van der Waals surface area contributed by atoms with Crippen LogP contribution in [0.5, 0.6) is 11.5 Å². The summed E-state index contributed by atoms with van der Waals surface area (Å²) < 4.78 is 4.57. The Morgan fingerprint density at radius 3 is 2.36 bits per heavy atom. The van der Waals surface area contributed by atoms with Gasteiger partial charge in [-0.3, -0.25) is 9.59 Å². The minimum atomic E-state index is -2.71. The van der Waals surface area contributed by atoms with Crippen molar-refractivity contribution in [3.8, 4) is 11.5 Å². The van der Waals surface area contributed by atoms with E-state index in [0.29, 0.717) is 5.56 Å². The van der Waals surface area contributed by atoms with Gasteiger partial charge in [0.25, 0.3) is 0 Å². The molecule has 1 atom stereocenters. The van der Waals surface area contributed by atoms with Gasteiger partial charge in [0.1, 0.15) is 6.04 Å². The molecule has 0 bridgehead atoms. The van der Waals surface area contributed by atoms with Crippen molar-refractivity contribution in [2.45, 2.75) is 31.7 Å². The van der Waals surface area contributed by atoms with Gasteiger partial charge < -0.3 is 34.9 Å². The van der Waals surface area contributed by atoms with E-state index in [4.69, 9.17) is 14.9 Å². The molecule has 0 saturated carbocycles. The number of amides is 1. The Morgan fingerprint density at radius 1 is 1.16 bits per heavy atom. The predicted octanol–water partition coefficient (Wildman–Crippen LogP) is 0.349. The van der Waals surface area contributed by atoms with Crippen molar-refractivity contribution in [1.82, 2.24) is 5.32 Å². The van der Waals surface area contributed by atoms with Crippen LogP contribution in [0.25, 0.3) is 0 Å². The van der Waals surface area contributed by atoms with Gasteiger partial charge in [-0.25, -0.2) is 4.79 Å². The standard InChI is InChI=1S/C14H18NO9P/c16-10-7-8(4-5-11(10)24-25(22)23)6-9(14(20)21)15-12(17)2-1-3-13(18)19/h4-5,7,9,16,22-23H,1-3,6H2,(H,15,17)(H,18,19)(H,20,21). The van der Waals surface area contributed by atoms with E-state index in [1.165, 1.54) is 18.2 Å². The third-order valence-corrected chi connectivity index (χ3v) is 3.43. The van der Waals surface area contributed by atoms with Gasteiger partial charge in [0.05, 0.1) is 0 Å². The summed E-state index contributed by atoms with van der Waals surface area (Å²) in [7, 11) is -2.71. The zero-order chi connectivity index (χ0) is 19.0. The molecular weight excluding hydrogens is 357 g/mol. The maximum atomic E-state index is 11.7. The number of rotatable bonds is 10. The number of carboxylic acids is 2. The molecule has 138 valence electrons. The van der Waals surface area contributed by atoms with Crippen molar-refractivity contribution in [1.29, 1.82) is 0 Å². The van der Waals surface area contributed by atoms with Gasteiger partial charge in [-0.05, 0) is 24.1 Å². The van der Waals surface area contributed by atoms with E-state index < -0.39 is 38.2 Å². The van der Waals surface area contributed by atoms with Gasteiger partial charge >= 0.3 is 20.5 Å². The molecule has 0 radical (unpaired) electrons. The molecular formula is C14H18NO9P. The van der Waals surface area contributed by atoms with Crippen LogP contribution in [0.4, 0.5) is 0 Å². The number of nitrogens with one attached hydrogen (secondary N) is 1. The molecule has 1 amide bonds. The predicted molar refractivity (Wildman–Crippen MR) is 84.8 cm³/mol. The van der Waals surface area contributed by atoms with Gasteiger partial charge in [0.2, 0.25) is 5.91 Å². The lowest BCUT2D eigenvalue weighted by Gasteiger charge is -2.15. The summed E-state index contributed by atoms with van der Waals surface area (Å²) in [5, 5.41) is 29.7. The van der Waals surface area contributed by atoms with Crippen LogP contribution in [-0.4, -0.2) is 49.0 Å². The number of phenolic OH excluding ortho intramolecular Hbond substituents is 1. The maximum absolute atomic E-state index is 11.7. The highest BCUT2D eigenvalue weighted by Gasteiger charge is 2.21. The van der Waals surface area contributed by atoms with Crippen molar-refractivity contribution < 1.29 is 44.0 Å². The lowest BCUT2D eigenvalue weighted by molar-refractivity contribution is -0.142. The summed E-state index contributed by atoms with van der Waals surface area (Å²) in [6, 6.07) is 2.55. The molecule has 1 rings (SSSR count). The summed E-state index contributed by atoms with van der Waals surface area (Å²) in [4.78, 5) is 50.8. The first-order chi connectivity index (χ1) is 11.7. The van der Waals surface area contributed by atoms with E-state index >= 15 is 0 Å². The molecule has 0 fully saturated rings. The number of hydrogen-bond donors (Lipinski definition) is 6. The van der Waals surface area contributed by atoms with Crippen LogP contribution in [0.15, 0.2) is 18.2 Å². The van der Waals surface area contributed by atoms with Gasteiger partial charge in [-0.15, -0.1) is 0 Å². The summed E-state index contributed by atoms with van der Waals surface area (Å²) in [5.74, 6) is -3.52. The van der Waals surface area contributed by atoms with Crippen LogP contribution < -0.4 is 9.84 Å². The molecule has 0 heterocycles. The first-order valence-corrected chi connectivity index (χ1v) is 8.27. The Labute approximate surface area is 143 Å². The molecule has 11 heteroatoms. The lowest BCUT2D eigenvalue weighted by Crippen LogP contribution is -2.42. The second-order valence-electron chi connectivity index (χ2n) is 5.06. The van der Waals surface area contributed by atoms with Crippen molar-refractivity contribution in [2.75, 3.05) is 0 Å². The van der Waals surface area contributed by atoms with Crippen molar-refractivity contribution >= 4 is 26.4 Å². The molecule has 1 aromatic carbocycles. The molecule has 1 unspecified atom stereocenters. The minimum absolute atomic E-state index is 0.0889. The SMILES string of the molecule is O=C(O)CCCC(=O)NC(Cc1ccc(OP(O)O)c(O)c1)C(=O)O. The second-order valence-corrected chi connectivity index (χ2v) is 5.74. The van der Waals surface area contributed by atoms with Crippen LogP contribution in [0, 0.1) is 0 Å². The van der Waals surface area contributed by atoms with E-state index in [2.05, 4.69) is 9.84 Å². The monoisotopic (exact) mass is 375 g/mol. The van der Waals surface area contributed by atoms with Crippen molar-refractivity contribution in [3.05, 3.63) is 23.8 Å². The number of carbonyl (C=O) groups excluding carboxylic acids is 1. The number of hydrogen-bond acceptors (Lipinski definition) is 7. The number of carboxylic acid groups (broad SMARTS) is 2. The Hall–Kier alpha value is -2.42. The van der Waals surface area contributed by atoms with Crippen molar-refractivity contribution in [3.63, 3.8) is 0 Å². The third-order valence-electron chi connectivity index (χ3n) is 3.07. The van der Waals surface area contributed by atoms with E-state index in [9.17, 15) is 24.6 Å². The van der Waals surface area contributed by atoms with Crippen LogP contribution in [0.2, 0.25) is 0 Å². The van der Waals surface area contributed by atoms with Crippen LogP contribution in [0.1, 0.15) is 24.8 Å². The molecule has 0 aliphatic rings. The summed E-state index contributed by atoms with van der Waals surface area (Å²) >= 11 is 0. The van der Waals surface area contributed by atoms with E-state index in [1.807, 2.05) is 0 Å². The van der Waals surface area contributed by atoms with Gasteiger partial charge in [0.15, 0.2) is 11.5 Å². The fraction of sp³-hybridized carbons (Fsp3) is 0.357. The Balaban J connectivity index is 2.68. The first kappa shape index (κ1) is 20.6. The largest absolute Gasteiger partial charge is 0.504 e. The molecule has 0 saturated heterocycles. The Kier molecular flexibility index (Phi) is 8.06. The third kappa shape index (κ3) is 7.79. The lowest BCUT2D eigenvalue weighted by atomic mass is 10.0. The maximum Gasteiger partial charge on any atom is 0.391 e. The second kappa shape index (κ2) is 9.77. The minimum Gasteiger partial charge on any atom is -0.504 e. The molecule has 1 aromatic rings. The normalized spacial score (nSPS) is 11.8. The smallest absolute Gasteiger partial charge is 0.391 e. The molecule has 0 aliphatic heterocycles. The van der Waals surface area contributed by atoms with Crippen LogP contribution in [-0.2, 0) is 20.8 Å². The summed E-state index contributed by atoms with van der Waals surface area (Å²) in [6.07, 6.45) is -0.365. The molecule has 25 heavy (non-hydrogen) atoms. The quantitative estimate of drug-likeness (QED) is 0.315. The highest BCUT2D eigenvalue weighted by Crippen LogP contribution is 2.36. The first-order valence-electron chi connectivity index (χ1n) is 7.10. The highest BCUT2D eigenvalue weighted by atomic mass is 31.2. The molecule has 0 aliphatic carbocycles. The molecule has 6 N–H and O–H groups in total. The molecule has 0 aromatic heterocycles. The number of phenols is 1. The zero-order valence-electron chi connectivity index (χ0n) is 13.0. The fourth-order valence-electron chi connectivity index (χ4n) is 1.96. The van der Waals surface area contributed by atoms with E-state index in [0.717, 1.165) is 0 Å². The Morgan fingerprint density at radius 2 is 1.84 bits per heavy atom.